The fourth-order valence-corrected chi connectivity index (χ4v) is 4.49. The minimum Gasteiger partial charge on any atom is -0.316 e. The van der Waals surface area contributed by atoms with Gasteiger partial charge < -0.3 is 10.6 Å². The van der Waals surface area contributed by atoms with Gasteiger partial charge in [-0.1, -0.05) is 0 Å². The van der Waals surface area contributed by atoms with Crippen LogP contribution in [0.2, 0.25) is 0 Å². The molecule has 2 saturated carbocycles. The van der Waals surface area contributed by atoms with E-state index in [1.54, 1.807) is 0 Å². The molecule has 0 aromatic rings. The smallest absolute Gasteiger partial charge is 0.0141 e. The molecule has 0 bridgehead atoms. The number of nitrogens with one attached hydrogen (secondary N) is 2. The van der Waals surface area contributed by atoms with Crippen molar-refractivity contribution < 1.29 is 0 Å². The van der Waals surface area contributed by atoms with Crippen LogP contribution in [0.25, 0.3) is 0 Å². The lowest BCUT2D eigenvalue weighted by molar-refractivity contribution is 0.0355. The van der Waals surface area contributed by atoms with E-state index in [9.17, 15) is 0 Å². The minimum atomic E-state index is 0.879. The Morgan fingerprint density at radius 2 is 1.80 bits per heavy atom. The average molecular weight is 206 g/mol. The Balaban J connectivity index is 1.51. The number of rotatable bonds is 1. The van der Waals surface area contributed by atoms with Gasteiger partial charge in [0.25, 0.3) is 0 Å². The molecule has 2 nitrogen and oxygen atoms in total. The topological polar surface area (TPSA) is 24.1 Å². The first kappa shape index (κ1) is 9.00. The average Bonchev–Trinajstić information content (AvgIpc) is 2.97. The number of fused-ring (bicyclic) bond motifs is 2. The van der Waals surface area contributed by atoms with Crippen LogP contribution in [0.5, 0.6) is 0 Å². The summed E-state index contributed by atoms with van der Waals surface area (Å²) in [6.45, 7) is 3.89. The number of piperidine rings is 2. The van der Waals surface area contributed by atoms with Crippen LogP contribution in [0.3, 0.4) is 0 Å². The second kappa shape index (κ2) is 3.21. The molecule has 6 atom stereocenters. The molecule has 0 radical (unpaired) electrons. The van der Waals surface area contributed by atoms with Gasteiger partial charge in [0.05, 0.1) is 0 Å². The molecule has 0 aromatic heterocycles. The van der Waals surface area contributed by atoms with Gasteiger partial charge in [-0.2, -0.15) is 0 Å². The summed E-state index contributed by atoms with van der Waals surface area (Å²) in [4.78, 5) is 0. The van der Waals surface area contributed by atoms with Crippen LogP contribution in [-0.4, -0.2) is 25.7 Å². The fraction of sp³-hybridized carbons (Fsp3) is 1.00. The van der Waals surface area contributed by atoms with Crippen LogP contribution in [-0.2, 0) is 0 Å². The molecule has 2 aliphatic carbocycles. The van der Waals surface area contributed by atoms with Crippen molar-refractivity contribution in [2.75, 3.05) is 19.6 Å². The van der Waals surface area contributed by atoms with Crippen LogP contribution < -0.4 is 10.6 Å². The summed E-state index contributed by atoms with van der Waals surface area (Å²) in [5, 5.41) is 7.49. The highest BCUT2D eigenvalue weighted by molar-refractivity contribution is 5.06. The van der Waals surface area contributed by atoms with Gasteiger partial charge in [0.2, 0.25) is 0 Å². The van der Waals surface area contributed by atoms with Crippen LogP contribution in [0.4, 0.5) is 0 Å². The molecule has 2 heteroatoms. The highest BCUT2D eigenvalue weighted by Crippen LogP contribution is 2.52. The molecule has 2 heterocycles. The van der Waals surface area contributed by atoms with Crippen molar-refractivity contribution in [2.24, 2.45) is 29.6 Å². The molecular formula is C13H22N2. The molecule has 84 valence electrons. The summed E-state index contributed by atoms with van der Waals surface area (Å²) in [5.74, 6) is 5.24. The highest BCUT2D eigenvalue weighted by Gasteiger charge is 2.52. The Labute approximate surface area is 92.2 Å². The van der Waals surface area contributed by atoms with Crippen LogP contribution in [0.15, 0.2) is 0 Å². The summed E-state index contributed by atoms with van der Waals surface area (Å²) in [7, 11) is 0. The zero-order chi connectivity index (χ0) is 9.83. The lowest BCUT2D eigenvalue weighted by Gasteiger charge is -2.50. The van der Waals surface area contributed by atoms with Crippen LogP contribution in [0.1, 0.15) is 25.7 Å². The van der Waals surface area contributed by atoms with Gasteiger partial charge in [-0.05, 0) is 74.9 Å². The second-order valence-electron chi connectivity index (χ2n) is 6.25. The molecule has 0 spiro atoms. The van der Waals surface area contributed by atoms with E-state index in [-0.39, 0.29) is 0 Å². The van der Waals surface area contributed by atoms with Gasteiger partial charge in [0, 0.05) is 6.04 Å². The maximum absolute atomic E-state index is 3.83. The summed E-state index contributed by atoms with van der Waals surface area (Å²) in [6.07, 6.45) is 6.00. The van der Waals surface area contributed by atoms with E-state index in [1.165, 1.54) is 45.3 Å². The Kier molecular flexibility index (Phi) is 1.92. The Hall–Kier alpha value is -0.0800. The van der Waals surface area contributed by atoms with Gasteiger partial charge in [-0.15, -0.1) is 0 Å². The van der Waals surface area contributed by atoms with Crippen molar-refractivity contribution in [1.29, 1.82) is 0 Å². The van der Waals surface area contributed by atoms with Gasteiger partial charge >= 0.3 is 0 Å². The standard InChI is InChI=1S/C13H22N2/c1-2-10-9(1)6-14-7-12(10)13-11-5-8(11)3-4-15-13/h8-15H,1-7H2. The van der Waals surface area contributed by atoms with Gasteiger partial charge in [0.1, 0.15) is 0 Å². The number of hydrogen-bond donors (Lipinski definition) is 2. The summed E-state index contributed by atoms with van der Waals surface area (Å²) >= 11 is 0. The molecule has 15 heavy (non-hydrogen) atoms. The molecule has 2 N–H and O–H groups in total. The van der Waals surface area contributed by atoms with E-state index in [0.29, 0.717) is 0 Å². The maximum atomic E-state index is 3.83. The molecule has 0 aromatic carbocycles. The largest absolute Gasteiger partial charge is 0.316 e. The Bertz CT molecular complexity index is 265. The van der Waals surface area contributed by atoms with Gasteiger partial charge in [-0.3, -0.25) is 0 Å². The Morgan fingerprint density at radius 3 is 2.67 bits per heavy atom. The first-order valence-corrected chi connectivity index (χ1v) is 6.87. The third-order valence-electron chi connectivity index (χ3n) is 5.61. The lowest BCUT2D eigenvalue weighted by atomic mass is 9.62. The van der Waals surface area contributed by atoms with E-state index in [0.717, 1.165) is 35.6 Å². The molecule has 6 unspecified atom stereocenters. The maximum Gasteiger partial charge on any atom is 0.0141 e. The van der Waals surface area contributed by atoms with Crippen molar-refractivity contribution in [1.82, 2.24) is 10.6 Å². The summed E-state index contributed by atoms with van der Waals surface area (Å²) in [5.41, 5.74) is 0. The highest BCUT2D eigenvalue weighted by atomic mass is 15.0. The molecule has 2 saturated heterocycles. The third kappa shape index (κ3) is 1.31. The molecular weight excluding hydrogens is 184 g/mol. The summed E-state index contributed by atoms with van der Waals surface area (Å²) in [6, 6.07) is 0.879. The molecule has 2 aliphatic heterocycles. The van der Waals surface area contributed by atoms with Crippen LogP contribution in [0, 0.1) is 29.6 Å². The van der Waals surface area contributed by atoms with Gasteiger partial charge in [-0.25, -0.2) is 0 Å². The zero-order valence-corrected chi connectivity index (χ0v) is 9.41. The Morgan fingerprint density at radius 1 is 0.800 bits per heavy atom. The van der Waals surface area contributed by atoms with Crippen molar-refractivity contribution in [3.63, 3.8) is 0 Å². The van der Waals surface area contributed by atoms with Gasteiger partial charge in [0.15, 0.2) is 0 Å². The first-order valence-electron chi connectivity index (χ1n) is 6.87. The predicted octanol–water partition coefficient (Wildman–Crippen LogP) is 1.23. The molecule has 4 rings (SSSR count). The van der Waals surface area contributed by atoms with Crippen molar-refractivity contribution >= 4 is 0 Å². The summed E-state index contributed by atoms with van der Waals surface area (Å²) < 4.78 is 0. The van der Waals surface area contributed by atoms with Crippen LogP contribution >= 0.6 is 0 Å². The first-order chi connectivity index (χ1) is 7.43. The lowest BCUT2D eigenvalue weighted by Crippen LogP contribution is -2.57. The second-order valence-corrected chi connectivity index (χ2v) is 6.25. The molecule has 4 aliphatic rings. The van der Waals surface area contributed by atoms with Crippen molar-refractivity contribution in [2.45, 2.75) is 31.7 Å². The van der Waals surface area contributed by atoms with Crippen molar-refractivity contribution in [3.8, 4) is 0 Å². The monoisotopic (exact) mass is 206 g/mol. The van der Waals surface area contributed by atoms with E-state index < -0.39 is 0 Å². The fourth-order valence-electron chi connectivity index (χ4n) is 4.49. The third-order valence-corrected chi connectivity index (χ3v) is 5.61. The molecule has 0 amide bonds. The van der Waals surface area contributed by atoms with E-state index in [2.05, 4.69) is 10.6 Å². The molecule has 4 fully saturated rings. The van der Waals surface area contributed by atoms with E-state index in [4.69, 9.17) is 0 Å². The zero-order valence-electron chi connectivity index (χ0n) is 9.41. The quantitative estimate of drug-likeness (QED) is 0.674. The van der Waals surface area contributed by atoms with E-state index in [1.807, 2.05) is 0 Å². The number of hydrogen-bond acceptors (Lipinski definition) is 2. The van der Waals surface area contributed by atoms with E-state index >= 15 is 0 Å². The minimum absolute atomic E-state index is 0.879. The SMILES string of the molecule is C1CC2CC2C(C2CNCC3CCC32)N1. The van der Waals surface area contributed by atoms with Crippen molar-refractivity contribution in [3.05, 3.63) is 0 Å². The normalized spacial score (nSPS) is 57.6. The predicted molar refractivity (Wildman–Crippen MR) is 60.6 cm³/mol.